The van der Waals surface area contributed by atoms with Crippen LogP contribution in [0.25, 0.3) is 0 Å². The summed E-state index contributed by atoms with van der Waals surface area (Å²) in [6.07, 6.45) is -0.938. The Hall–Kier alpha value is -1.04. The molecule has 5 heteroatoms. The minimum absolute atomic E-state index is 0.480. The van der Waals surface area contributed by atoms with Gasteiger partial charge in [0.2, 0.25) is 5.91 Å². The lowest BCUT2D eigenvalue weighted by molar-refractivity contribution is -0.131. The Morgan fingerprint density at radius 1 is 1.47 bits per heavy atom. The molecule has 0 bridgehead atoms. The standard InChI is InChI=1S/C10H13NO3S/c1-15-7-4-2-3-6(5-7)8(12)9(13)10(11)14/h2-5,8-9,12-13H,1H3,(H2,11,14). The molecule has 0 aliphatic carbocycles. The van der Waals surface area contributed by atoms with Crippen molar-refractivity contribution in [3.05, 3.63) is 29.8 Å². The number of carbonyl (C=O) groups excluding carboxylic acids is 1. The number of benzene rings is 1. The Kier molecular flexibility index (Phi) is 4.14. The summed E-state index contributed by atoms with van der Waals surface area (Å²) in [5, 5.41) is 18.9. The van der Waals surface area contributed by atoms with E-state index in [0.717, 1.165) is 4.90 Å². The van der Waals surface area contributed by atoms with E-state index in [4.69, 9.17) is 5.73 Å². The first-order valence-corrected chi connectivity index (χ1v) is 5.58. The molecule has 4 nitrogen and oxygen atoms in total. The van der Waals surface area contributed by atoms with E-state index in [0.29, 0.717) is 5.56 Å². The highest BCUT2D eigenvalue weighted by Crippen LogP contribution is 2.22. The smallest absolute Gasteiger partial charge is 0.249 e. The highest BCUT2D eigenvalue weighted by atomic mass is 32.2. The lowest BCUT2D eigenvalue weighted by atomic mass is 10.0. The van der Waals surface area contributed by atoms with Crippen LogP contribution in [0.4, 0.5) is 0 Å². The summed E-state index contributed by atoms with van der Waals surface area (Å²) in [6.45, 7) is 0. The topological polar surface area (TPSA) is 83.6 Å². The van der Waals surface area contributed by atoms with Gasteiger partial charge in [0.15, 0.2) is 6.10 Å². The van der Waals surface area contributed by atoms with E-state index in [-0.39, 0.29) is 0 Å². The van der Waals surface area contributed by atoms with Gasteiger partial charge >= 0.3 is 0 Å². The van der Waals surface area contributed by atoms with Crippen LogP contribution >= 0.6 is 11.8 Å². The molecule has 2 unspecified atom stereocenters. The number of carbonyl (C=O) groups is 1. The van der Waals surface area contributed by atoms with Crippen LogP contribution in [0.15, 0.2) is 29.2 Å². The van der Waals surface area contributed by atoms with E-state index in [1.54, 1.807) is 18.2 Å². The van der Waals surface area contributed by atoms with Crippen molar-refractivity contribution in [3.8, 4) is 0 Å². The minimum Gasteiger partial charge on any atom is -0.385 e. The third kappa shape index (κ3) is 2.95. The first-order chi connectivity index (χ1) is 7.06. The van der Waals surface area contributed by atoms with Gasteiger partial charge in [-0.3, -0.25) is 4.79 Å². The molecule has 0 fully saturated rings. The summed E-state index contributed by atoms with van der Waals surface area (Å²) in [5.74, 6) is -0.933. The van der Waals surface area contributed by atoms with Crippen molar-refractivity contribution in [2.75, 3.05) is 6.26 Å². The third-order valence-corrected chi connectivity index (χ3v) is 2.75. The average Bonchev–Trinajstić information content (AvgIpc) is 2.27. The van der Waals surface area contributed by atoms with Crippen LogP contribution in [0, 0.1) is 0 Å². The summed E-state index contributed by atoms with van der Waals surface area (Å²) < 4.78 is 0. The van der Waals surface area contributed by atoms with Gasteiger partial charge in [0.25, 0.3) is 0 Å². The van der Waals surface area contributed by atoms with E-state index >= 15 is 0 Å². The van der Waals surface area contributed by atoms with Crippen molar-refractivity contribution in [2.24, 2.45) is 5.73 Å². The molecule has 1 aromatic carbocycles. The van der Waals surface area contributed by atoms with Crippen molar-refractivity contribution in [1.82, 2.24) is 0 Å². The summed E-state index contributed by atoms with van der Waals surface area (Å²) in [5.41, 5.74) is 5.37. The Labute approximate surface area is 92.1 Å². The molecule has 15 heavy (non-hydrogen) atoms. The largest absolute Gasteiger partial charge is 0.385 e. The van der Waals surface area contributed by atoms with Crippen LogP contribution in [-0.4, -0.2) is 28.5 Å². The maximum absolute atomic E-state index is 10.7. The van der Waals surface area contributed by atoms with Gasteiger partial charge in [-0.05, 0) is 24.0 Å². The summed E-state index contributed by atoms with van der Waals surface area (Å²) in [4.78, 5) is 11.6. The van der Waals surface area contributed by atoms with Crippen molar-refractivity contribution < 1.29 is 15.0 Å². The number of aliphatic hydroxyl groups excluding tert-OH is 2. The molecule has 1 aromatic rings. The van der Waals surface area contributed by atoms with Crippen molar-refractivity contribution in [3.63, 3.8) is 0 Å². The van der Waals surface area contributed by atoms with Crippen molar-refractivity contribution >= 4 is 17.7 Å². The molecular weight excluding hydrogens is 214 g/mol. The zero-order valence-corrected chi connectivity index (χ0v) is 9.07. The van der Waals surface area contributed by atoms with Gasteiger partial charge in [0.1, 0.15) is 6.10 Å². The van der Waals surface area contributed by atoms with Crippen LogP contribution < -0.4 is 5.73 Å². The first kappa shape index (κ1) is 12.0. The molecule has 82 valence electrons. The number of hydrogen-bond donors (Lipinski definition) is 3. The highest BCUT2D eigenvalue weighted by molar-refractivity contribution is 7.98. The second kappa shape index (κ2) is 5.16. The Balaban J connectivity index is 2.90. The molecule has 0 spiro atoms. The van der Waals surface area contributed by atoms with Crippen LogP contribution in [0.3, 0.4) is 0 Å². The number of primary amides is 1. The van der Waals surface area contributed by atoms with Gasteiger partial charge in [-0.2, -0.15) is 0 Å². The molecule has 0 saturated heterocycles. The van der Waals surface area contributed by atoms with E-state index in [2.05, 4.69) is 0 Å². The first-order valence-electron chi connectivity index (χ1n) is 4.35. The number of amides is 1. The monoisotopic (exact) mass is 227 g/mol. The van der Waals surface area contributed by atoms with E-state index in [1.807, 2.05) is 12.3 Å². The fourth-order valence-electron chi connectivity index (χ4n) is 1.16. The molecule has 4 N–H and O–H groups in total. The zero-order valence-electron chi connectivity index (χ0n) is 8.25. The van der Waals surface area contributed by atoms with Gasteiger partial charge < -0.3 is 15.9 Å². The van der Waals surface area contributed by atoms with Gasteiger partial charge in [0, 0.05) is 4.90 Å². The summed E-state index contributed by atoms with van der Waals surface area (Å²) >= 11 is 1.51. The van der Waals surface area contributed by atoms with Crippen LogP contribution in [0.2, 0.25) is 0 Å². The maximum atomic E-state index is 10.7. The fraction of sp³-hybridized carbons (Fsp3) is 0.300. The second-order valence-electron chi connectivity index (χ2n) is 3.07. The second-order valence-corrected chi connectivity index (χ2v) is 3.95. The lowest BCUT2D eigenvalue weighted by Crippen LogP contribution is -2.33. The van der Waals surface area contributed by atoms with Crippen LogP contribution in [-0.2, 0) is 4.79 Å². The molecule has 1 rings (SSSR count). The van der Waals surface area contributed by atoms with Gasteiger partial charge in [-0.15, -0.1) is 11.8 Å². The molecule has 0 heterocycles. The van der Waals surface area contributed by atoms with Gasteiger partial charge in [-0.25, -0.2) is 0 Å². The molecule has 0 aliphatic heterocycles. The molecule has 0 saturated carbocycles. The predicted octanol–water partition coefficient (Wildman–Crippen LogP) is 0.288. The average molecular weight is 227 g/mol. The molecule has 1 amide bonds. The van der Waals surface area contributed by atoms with Crippen molar-refractivity contribution in [1.29, 1.82) is 0 Å². The van der Waals surface area contributed by atoms with Gasteiger partial charge in [-0.1, -0.05) is 12.1 Å². The molecule has 0 aromatic heterocycles. The quantitative estimate of drug-likeness (QED) is 0.645. The number of hydrogen-bond acceptors (Lipinski definition) is 4. The zero-order chi connectivity index (χ0) is 11.4. The Morgan fingerprint density at radius 3 is 2.67 bits per heavy atom. The molecule has 2 atom stereocenters. The molecular formula is C10H13NO3S. The van der Waals surface area contributed by atoms with Crippen LogP contribution in [0.5, 0.6) is 0 Å². The number of aliphatic hydroxyl groups is 2. The van der Waals surface area contributed by atoms with Crippen LogP contribution in [0.1, 0.15) is 11.7 Å². The number of thioether (sulfide) groups is 1. The number of rotatable bonds is 4. The maximum Gasteiger partial charge on any atom is 0.249 e. The molecule has 0 radical (unpaired) electrons. The molecule has 0 aliphatic rings. The highest BCUT2D eigenvalue weighted by Gasteiger charge is 2.23. The Morgan fingerprint density at radius 2 is 2.13 bits per heavy atom. The van der Waals surface area contributed by atoms with E-state index in [9.17, 15) is 15.0 Å². The lowest BCUT2D eigenvalue weighted by Gasteiger charge is -2.15. The minimum atomic E-state index is -1.57. The third-order valence-electron chi connectivity index (χ3n) is 2.03. The normalized spacial score (nSPS) is 14.6. The predicted molar refractivity (Wildman–Crippen MR) is 58.4 cm³/mol. The fourth-order valence-corrected chi connectivity index (χ4v) is 1.63. The summed E-state index contributed by atoms with van der Waals surface area (Å²) in [6, 6.07) is 6.97. The van der Waals surface area contributed by atoms with E-state index in [1.165, 1.54) is 11.8 Å². The van der Waals surface area contributed by atoms with Gasteiger partial charge in [0.05, 0.1) is 0 Å². The Bertz CT molecular complexity index is 356. The number of nitrogens with two attached hydrogens (primary N) is 1. The van der Waals surface area contributed by atoms with E-state index < -0.39 is 18.1 Å². The summed E-state index contributed by atoms with van der Waals surface area (Å²) in [7, 11) is 0. The van der Waals surface area contributed by atoms with Crippen molar-refractivity contribution in [2.45, 2.75) is 17.1 Å². The SMILES string of the molecule is CSc1cccc(C(O)C(O)C(N)=O)c1.